The zero-order valence-electron chi connectivity index (χ0n) is 14.9. The molecule has 0 radical (unpaired) electrons. The minimum absolute atomic E-state index is 0.00681. The van der Waals surface area contributed by atoms with Gasteiger partial charge in [-0.2, -0.15) is 0 Å². The first-order valence-electron chi connectivity index (χ1n) is 7.93. The van der Waals surface area contributed by atoms with Gasteiger partial charge in [-0.3, -0.25) is 10.1 Å². The number of aryl methyl sites for hydroxylation is 1. The third-order valence-corrected chi connectivity index (χ3v) is 3.93. The van der Waals surface area contributed by atoms with E-state index in [1.807, 2.05) is 0 Å². The molecule has 8 heteroatoms. The second-order valence-electron chi connectivity index (χ2n) is 5.72. The van der Waals surface area contributed by atoms with Gasteiger partial charge in [0, 0.05) is 11.6 Å². The number of nitro benzene ring substituents is 1. The van der Waals surface area contributed by atoms with E-state index < -0.39 is 10.9 Å². The molecule has 2 aromatic carbocycles. The second-order valence-corrected chi connectivity index (χ2v) is 5.72. The number of carbonyl (C=O) groups is 1. The Balaban J connectivity index is 2.07. The number of cyclic esters (lactones) is 1. The van der Waals surface area contributed by atoms with E-state index in [-0.39, 0.29) is 22.8 Å². The summed E-state index contributed by atoms with van der Waals surface area (Å²) in [4.78, 5) is 27.1. The average molecular weight is 368 g/mol. The van der Waals surface area contributed by atoms with Crippen LogP contribution in [-0.2, 0) is 9.53 Å². The molecule has 0 aromatic heterocycles. The van der Waals surface area contributed by atoms with E-state index in [0.717, 1.165) is 5.56 Å². The molecule has 0 bridgehead atoms. The van der Waals surface area contributed by atoms with Crippen molar-refractivity contribution in [2.45, 2.75) is 6.92 Å². The molecular weight excluding hydrogens is 352 g/mol. The van der Waals surface area contributed by atoms with Crippen molar-refractivity contribution in [1.82, 2.24) is 0 Å². The van der Waals surface area contributed by atoms with Crippen LogP contribution in [0.15, 0.2) is 47.1 Å². The minimum atomic E-state index is -0.703. The molecule has 1 aliphatic rings. The number of aliphatic imine (C=N–C) groups is 1. The number of nitro groups is 1. The highest BCUT2D eigenvalue weighted by molar-refractivity contribution is 6.14. The normalized spacial score (nSPS) is 14.7. The van der Waals surface area contributed by atoms with Crippen LogP contribution in [0.2, 0.25) is 0 Å². The number of benzene rings is 2. The van der Waals surface area contributed by atoms with Gasteiger partial charge in [0.05, 0.1) is 19.1 Å². The van der Waals surface area contributed by atoms with Gasteiger partial charge in [-0.1, -0.05) is 6.07 Å². The molecule has 0 saturated carbocycles. The first-order chi connectivity index (χ1) is 12.9. The smallest absolute Gasteiger partial charge is 0.363 e. The summed E-state index contributed by atoms with van der Waals surface area (Å²) in [5.41, 5.74) is 1.31. The van der Waals surface area contributed by atoms with E-state index in [2.05, 4.69) is 4.99 Å². The maximum absolute atomic E-state index is 12.2. The van der Waals surface area contributed by atoms with Gasteiger partial charge in [-0.05, 0) is 42.8 Å². The molecule has 2 aromatic rings. The summed E-state index contributed by atoms with van der Waals surface area (Å²) in [6.07, 6.45) is 1.48. The van der Waals surface area contributed by atoms with Crippen molar-refractivity contribution in [1.29, 1.82) is 0 Å². The Morgan fingerprint density at radius 1 is 1.15 bits per heavy atom. The third kappa shape index (κ3) is 3.64. The van der Waals surface area contributed by atoms with Crippen molar-refractivity contribution < 1.29 is 23.9 Å². The van der Waals surface area contributed by atoms with E-state index >= 15 is 0 Å². The molecule has 0 fully saturated rings. The number of methoxy groups -OCH3 is 2. The molecule has 0 atom stereocenters. The molecule has 0 spiro atoms. The quantitative estimate of drug-likeness (QED) is 0.347. The fraction of sp³-hybridized carbons (Fsp3) is 0.158. The predicted molar refractivity (Wildman–Crippen MR) is 98.0 cm³/mol. The largest absolute Gasteiger partial charge is 0.497 e. The fourth-order valence-electron chi connectivity index (χ4n) is 2.60. The lowest BCUT2D eigenvalue weighted by molar-refractivity contribution is -0.385. The van der Waals surface area contributed by atoms with Crippen LogP contribution in [0.5, 0.6) is 11.5 Å². The number of carbonyl (C=O) groups excluding carboxylic acids is 1. The van der Waals surface area contributed by atoms with Crippen molar-refractivity contribution in [3.8, 4) is 11.5 Å². The summed E-state index contributed by atoms with van der Waals surface area (Å²) in [5.74, 6) is 0.281. The van der Waals surface area contributed by atoms with Crippen LogP contribution in [-0.4, -0.2) is 31.0 Å². The Morgan fingerprint density at radius 3 is 2.59 bits per heavy atom. The van der Waals surface area contributed by atoms with Crippen LogP contribution in [0.25, 0.3) is 6.08 Å². The summed E-state index contributed by atoms with van der Waals surface area (Å²) in [7, 11) is 3.03. The van der Waals surface area contributed by atoms with Crippen molar-refractivity contribution in [2.75, 3.05) is 14.2 Å². The number of hydrogen-bond donors (Lipinski definition) is 0. The van der Waals surface area contributed by atoms with Gasteiger partial charge in [0.1, 0.15) is 17.1 Å². The zero-order chi connectivity index (χ0) is 19.6. The van der Waals surface area contributed by atoms with Crippen LogP contribution in [0.3, 0.4) is 0 Å². The van der Waals surface area contributed by atoms with E-state index in [1.54, 1.807) is 37.3 Å². The number of nitrogens with zero attached hydrogens (tertiary/aromatic N) is 2. The van der Waals surface area contributed by atoms with Gasteiger partial charge >= 0.3 is 5.97 Å². The molecule has 0 unspecified atom stereocenters. The summed E-state index contributed by atoms with van der Waals surface area (Å²) in [6, 6.07) is 9.62. The Labute approximate surface area is 154 Å². The number of ether oxygens (including phenoxy) is 3. The van der Waals surface area contributed by atoms with Crippen LogP contribution in [0, 0.1) is 17.0 Å². The Hall–Kier alpha value is -3.68. The summed E-state index contributed by atoms with van der Waals surface area (Å²) in [6.45, 7) is 1.78. The molecule has 0 aliphatic carbocycles. The highest BCUT2D eigenvalue weighted by Gasteiger charge is 2.29. The lowest BCUT2D eigenvalue weighted by Crippen LogP contribution is -2.08. The monoisotopic (exact) mass is 368 g/mol. The molecular formula is C19H16N2O6. The van der Waals surface area contributed by atoms with Crippen molar-refractivity contribution in [3.63, 3.8) is 0 Å². The predicted octanol–water partition coefficient (Wildman–Crippen LogP) is 3.26. The SMILES string of the molecule is COc1ccc(OC)c(C=C2N=C(c3cc(C)ccc3[N+](=O)[O-])OC2=O)c1. The highest BCUT2D eigenvalue weighted by Crippen LogP contribution is 2.30. The van der Waals surface area contributed by atoms with E-state index in [9.17, 15) is 14.9 Å². The zero-order valence-corrected chi connectivity index (χ0v) is 14.9. The van der Waals surface area contributed by atoms with Crippen LogP contribution in [0.4, 0.5) is 5.69 Å². The van der Waals surface area contributed by atoms with E-state index in [1.165, 1.54) is 26.4 Å². The Bertz CT molecular complexity index is 994. The molecule has 1 heterocycles. The van der Waals surface area contributed by atoms with Gasteiger partial charge in [0.25, 0.3) is 5.69 Å². The molecule has 8 nitrogen and oxygen atoms in total. The topological polar surface area (TPSA) is 100 Å². The van der Waals surface area contributed by atoms with Gasteiger partial charge in [-0.25, -0.2) is 9.79 Å². The molecule has 138 valence electrons. The van der Waals surface area contributed by atoms with Crippen molar-refractivity contribution >= 4 is 23.6 Å². The van der Waals surface area contributed by atoms with Gasteiger partial charge in [-0.15, -0.1) is 0 Å². The van der Waals surface area contributed by atoms with E-state index in [4.69, 9.17) is 14.2 Å². The molecule has 0 amide bonds. The Morgan fingerprint density at radius 2 is 1.93 bits per heavy atom. The summed E-state index contributed by atoms with van der Waals surface area (Å²) in [5, 5.41) is 11.3. The van der Waals surface area contributed by atoms with Crippen LogP contribution < -0.4 is 9.47 Å². The van der Waals surface area contributed by atoms with E-state index in [0.29, 0.717) is 17.1 Å². The standard InChI is InChI=1S/C19H16N2O6/c1-11-4-6-16(21(23)24)14(8-11)18-20-15(19(22)27-18)10-12-9-13(25-2)5-7-17(12)26-3/h4-10H,1-3H3. The maximum Gasteiger partial charge on any atom is 0.363 e. The lowest BCUT2D eigenvalue weighted by Gasteiger charge is -2.07. The highest BCUT2D eigenvalue weighted by atomic mass is 16.6. The van der Waals surface area contributed by atoms with Gasteiger partial charge in [0.15, 0.2) is 5.70 Å². The third-order valence-electron chi connectivity index (χ3n) is 3.93. The molecule has 3 rings (SSSR count). The number of hydrogen-bond acceptors (Lipinski definition) is 7. The van der Waals surface area contributed by atoms with Gasteiger partial charge < -0.3 is 14.2 Å². The van der Waals surface area contributed by atoms with Crippen LogP contribution >= 0.6 is 0 Å². The van der Waals surface area contributed by atoms with Crippen molar-refractivity contribution in [3.05, 3.63) is 68.9 Å². The second kappa shape index (κ2) is 7.28. The van der Waals surface area contributed by atoms with Crippen LogP contribution in [0.1, 0.15) is 16.7 Å². The lowest BCUT2D eigenvalue weighted by atomic mass is 10.1. The number of rotatable bonds is 5. The Kier molecular flexibility index (Phi) is 4.89. The summed E-state index contributed by atoms with van der Waals surface area (Å²) < 4.78 is 15.6. The number of esters is 1. The summed E-state index contributed by atoms with van der Waals surface area (Å²) >= 11 is 0. The first-order valence-corrected chi connectivity index (χ1v) is 7.93. The molecule has 1 aliphatic heterocycles. The minimum Gasteiger partial charge on any atom is -0.497 e. The molecule has 0 saturated heterocycles. The average Bonchev–Trinajstić information content (AvgIpc) is 3.01. The van der Waals surface area contributed by atoms with Crippen molar-refractivity contribution in [2.24, 2.45) is 4.99 Å². The van der Waals surface area contributed by atoms with Gasteiger partial charge in [0.2, 0.25) is 5.90 Å². The fourth-order valence-corrected chi connectivity index (χ4v) is 2.60. The molecule has 27 heavy (non-hydrogen) atoms. The maximum atomic E-state index is 12.2. The first kappa shape index (κ1) is 18.1. The molecule has 0 N–H and O–H groups in total.